The van der Waals surface area contributed by atoms with Gasteiger partial charge in [-0.1, -0.05) is 12.1 Å². The van der Waals surface area contributed by atoms with Crippen LogP contribution in [0.5, 0.6) is 5.75 Å². The summed E-state index contributed by atoms with van der Waals surface area (Å²) in [4.78, 5) is 11.6. The first kappa shape index (κ1) is 13.2. The van der Waals surface area contributed by atoms with Crippen molar-refractivity contribution in [1.29, 1.82) is 0 Å². The molecular weight excluding hydrogens is 246 g/mol. The quantitative estimate of drug-likeness (QED) is 0.859. The molecule has 0 aliphatic carbocycles. The molecule has 1 aromatic heterocycles. The molecule has 0 aliphatic heterocycles. The molecular formula is C14H15NO4. The summed E-state index contributed by atoms with van der Waals surface area (Å²) in [5.41, 5.74) is 0.834. The normalized spacial score (nSPS) is 10.2. The van der Waals surface area contributed by atoms with E-state index in [1.165, 1.54) is 0 Å². The van der Waals surface area contributed by atoms with Crippen molar-refractivity contribution in [3.63, 3.8) is 0 Å². The summed E-state index contributed by atoms with van der Waals surface area (Å²) in [7, 11) is 1.59. The summed E-state index contributed by atoms with van der Waals surface area (Å²) in [5.74, 6) is 1.18. The van der Waals surface area contributed by atoms with Gasteiger partial charge in [0.25, 0.3) is 5.91 Å². The van der Waals surface area contributed by atoms with Crippen molar-refractivity contribution in [3.05, 3.63) is 42.2 Å². The minimum atomic E-state index is -0.344. The Hall–Kier alpha value is -2.27. The summed E-state index contributed by atoms with van der Waals surface area (Å²) in [5, 5.41) is 11.2. The number of carbonyl (C=O) groups is 1. The fraction of sp³-hybridized carbons (Fsp3) is 0.214. The van der Waals surface area contributed by atoms with Crippen LogP contribution in [0.3, 0.4) is 0 Å². The van der Waals surface area contributed by atoms with Gasteiger partial charge in [0.15, 0.2) is 5.76 Å². The highest BCUT2D eigenvalue weighted by Gasteiger charge is 2.11. The van der Waals surface area contributed by atoms with Gasteiger partial charge in [-0.2, -0.15) is 0 Å². The van der Waals surface area contributed by atoms with Crippen molar-refractivity contribution < 1.29 is 19.1 Å². The number of nitrogens with one attached hydrogen (secondary N) is 1. The minimum Gasteiger partial charge on any atom is -0.497 e. The van der Waals surface area contributed by atoms with Crippen LogP contribution >= 0.6 is 0 Å². The Bertz CT molecular complexity index is 562. The fourth-order valence-corrected chi connectivity index (χ4v) is 1.65. The number of hydrogen-bond acceptors (Lipinski definition) is 4. The third-order valence-corrected chi connectivity index (χ3v) is 2.58. The molecule has 100 valence electrons. The van der Waals surface area contributed by atoms with Gasteiger partial charge in [-0.15, -0.1) is 0 Å². The van der Waals surface area contributed by atoms with Crippen molar-refractivity contribution in [1.82, 2.24) is 5.32 Å². The van der Waals surface area contributed by atoms with Gasteiger partial charge in [-0.3, -0.25) is 4.79 Å². The lowest BCUT2D eigenvalue weighted by molar-refractivity contribution is 0.0918. The molecule has 0 fully saturated rings. The zero-order valence-electron chi connectivity index (χ0n) is 10.6. The molecule has 0 saturated heterocycles. The highest BCUT2D eigenvalue weighted by atomic mass is 16.5. The Kier molecular flexibility index (Phi) is 4.20. The lowest BCUT2D eigenvalue weighted by atomic mass is 10.2. The van der Waals surface area contributed by atoms with Gasteiger partial charge < -0.3 is 19.6 Å². The fourth-order valence-electron chi connectivity index (χ4n) is 1.65. The van der Waals surface area contributed by atoms with Crippen LogP contribution in [-0.4, -0.2) is 31.3 Å². The molecule has 0 spiro atoms. The van der Waals surface area contributed by atoms with E-state index in [0.717, 1.165) is 11.3 Å². The second kappa shape index (κ2) is 6.06. The summed E-state index contributed by atoms with van der Waals surface area (Å²) in [6.07, 6.45) is 0. The standard InChI is InChI=1S/C14H15NO4/c1-18-11-4-2-3-10(9-11)12-5-6-13(19-12)14(17)15-7-8-16/h2-6,9,16H,7-8H2,1H3,(H,15,17). The Morgan fingerprint density at radius 2 is 2.21 bits per heavy atom. The molecule has 2 aromatic rings. The van der Waals surface area contributed by atoms with Crippen molar-refractivity contribution >= 4 is 5.91 Å². The third-order valence-electron chi connectivity index (χ3n) is 2.58. The zero-order valence-corrected chi connectivity index (χ0v) is 10.6. The molecule has 0 atom stereocenters. The molecule has 1 amide bonds. The highest BCUT2D eigenvalue weighted by Crippen LogP contribution is 2.25. The van der Waals surface area contributed by atoms with Gasteiger partial charge >= 0.3 is 0 Å². The van der Waals surface area contributed by atoms with Crippen molar-refractivity contribution in [3.8, 4) is 17.1 Å². The predicted molar refractivity (Wildman–Crippen MR) is 70.1 cm³/mol. The molecule has 5 heteroatoms. The SMILES string of the molecule is COc1cccc(-c2ccc(C(=O)NCCO)o2)c1. The average Bonchev–Trinajstić information content (AvgIpc) is 2.94. The molecule has 1 aromatic carbocycles. The van der Waals surface area contributed by atoms with Crippen LogP contribution < -0.4 is 10.1 Å². The van der Waals surface area contributed by atoms with Crippen LogP contribution in [0.15, 0.2) is 40.8 Å². The summed E-state index contributed by atoms with van der Waals surface area (Å²) in [6.45, 7) is 0.100. The molecule has 0 bridgehead atoms. The Morgan fingerprint density at radius 1 is 1.37 bits per heavy atom. The molecule has 19 heavy (non-hydrogen) atoms. The number of methoxy groups -OCH3 is 1. The predicted octanol–water partition coefficient (Wildman–Crippen LogP) is 1.68. The van der Waals surface area contributed by atoms with Crippen molar-refractivity contribution in [2.45, 2.75) is 0 Å². The van der Waals surface area contributed by atoms with E-state index in [0.29, 0.717) is 5.76 Å². The first-order chi connectivity index (χ1) is 9.24. The van der Waals surface area contributed by atoms with E-state index in [2.05, 4.69) is 5.32 Å². The molecule has 0 radical (unpaired) electrons. The lowest BCUT2D eigenvalue weighted by Crippen LogP contribution is -2.25. The van der Waals surface area contributed by atoms with Gasteiger partial charge in [0.1, 0.15) is 11.5 Å². The number of aliphatic hydroxyl groups is 1. The van der Waals surface area contributed by atoms with E-state index < -0.39 is 0 Å². The van der Waals surface area contributed by atoms with Crippen LogP contribution in [0.4, 0.5) is 0 Å². The van der Waals surface area contributed by atoms with E-state index >= 15 is 0 Å². The third kappa shape index (κ3) is 3.14. The van der Waals surface area contributed by atoms with Crippen molar-refractivity contribution in [2.75, 3.05) is 20.3 Å². The van der Waals surface area contributed by atoms with Gasteiger partial charge in [0.05, 0.1) is 13.7 Å². The van der Waals surface area contributed by atoms with Crippen LogP contribution in [0.25, 0.3) is 11.3 Å². The number of aliphatic hydroxyl groups excluding tert-OH is 1. The maximum atomic E-state index is 11.6. The van der Waals surface area contributed by atoms with Crippen molar-refractivity contribution in [2.24, 2.45) is 0 Å². The smallest absolute Gasteiger partial charge is 0.287 e. The maximum absolute atomic E-state index is 11.6. The van der Waals surface area contributed by atoms with Gasteiger partial charge in [-0.05, 0) is 24.3 Å². The summed E-state index contributed by atoms with van der Waals surface area (Å²) >= 11 is 0. The van der Waals surface area contributed by atoms with Gasteiger partial charge in [-0.25, -0.2) is 0 Å². The summed E-state index contributed by atoms with van der Waals surface area (Å²) in [6, 6.07) is 10.7. The summed E-state index contributed by atoms with van der Waals surface area (Å²) < 4.78 is 10.6. The molecule has 1 heterocycles. The number of hydrogen-bond donors (Lipinski definition) is 2. The van der Waals surface area contributed by atoms with E-state index in [9.17, 15) is 4.79 Å². The van der Waals surface area contributed by atoms with Crippen LogP contribution in [0.1, 0.15) is 10.6 Å². The number of rotatable bonds is 5. The molecule has 2 rings (SSSR count). The molecule has 5 nitrogen and oxygen atoms in total. The zero-order chi connectivity index (χ0) is 13.7. The van der Waals surface area contributed by atoms with Gasteiger partial charge in [0, 0.05) is 12.1 Å². The van der Waals surface area contributed by atoms with E-state index in [4.69, 9.17) is 14.3 Å². The number of furan rings is 1. The molecule has 0 aliphatic rings. The second-order valence-electron chi connectivity index (χ2n) is 3.88. The number of benzene rings is 1. The number of ether oxygens (including phenoxy) is 1. The van der Waals surface area contributed by atoms with Crippen LogP contribution in [0, 0.1) is 0 Å². The largest absolute Gasteiger partial charge is 0.497 e. The average molecular weight is 261 g/mol. The first-order valence-electron chi connectivity index (χ1n) is 5.88. The molecule has 2 N–H and O–H groups in total. The second-order valence-corrected chi connectivity index (χ2v) is 3.88. The molecule has 0 saturated carbocycles. The van der Waals surface area contributed by atoms with E-state index in [1.54, 1.807) is 19.2 Å². The Labute approximate surface area is 110 Å². The first-order valence-corrected chi connectivity index (χ1v) is 5.88. The van der Waals surface area contributed by atoms with E-state index in [1.807, 2.05) is 24.3 Å². The maximum Gasteiger partial charge on any atom is 0.287 e. The number of amides is 1. The monoisotopic (exact) mass is 261 g/mol. The molecule has 0 unspecified atom stereocenters. The highest BCUT2D eigenvalue weighted by molar-refractivity contribution is 5.92. The van der Waals surface area contributed by atoms with Crippen LogP contribution in [0.2, 0.25) is 0 Å². The lowest BCUT2D eigenvalue weighted by Gasteiger charge is -2.02. The Balaban J connectivity index is 2.18. The topological polar surface area (TPSA) is 71.7 Å². The van der Waals surface area contributed by atoms with E-state index in [-0.39, 0.29) is 24.8 Å². The minimum absolute atomic E-state index is 0.102. The Morgan fingerprint density at radius 3 is 2.95 bits per heavy atom. The van der Waals surface area contributed by atoms with Gasteiger partial charge in [0.2, 0.25) is 0 Å². The number of carbonyl (C=O) groups excluding carboxylic acids is 1. The van der Waals surface area contributed by atoms with Crippen LogP contribution in [-0.2, 0) is 0 Å².